The lowest BCUT2D eigenvalue weighted by molar-refractivity contribution is 0.112. The van der Waals surface area contributed by atoms with Gasteiger partial charge >= 0.3 is 0 Å². The Kier molecular flexibility index (Phi) is 3.35. The molecule has 2 rings (SSSR count). The minimum absolute atomic E-state index is 0.556. The molecular weight excluding hydrogens is 242 g/mol. The van der Waals surface area contributed by atoms with Crippen molar-refractivity contribution in [2.75, 3.05) is 0 Å². The van der Waals surface area contributed by atoms with Crippen LogP contribution in [0.2, 0.25) is 0 Å². The highest BCUT2D eigenvalue weighted by Crippen LogP contribution is 2.34. The van der Waals surface area contributed by atoms with E-state index in [9.17, 15) is 4.79 Å². The van der Waals surface area contributed by atoms with E-state index in [1.807, 2.05) is 6.92 Å². The van der Waals surface area contributed by atoms with E-state index in [2.05, 4.69) is 38.7 Å². The first kappa shape index (κ1) is 13.0. The number of aldehydes is 1. The minimum atomic E-state index is 0.556. The molecule has 18 heavy (non-hydrogen) atoms. The number of nitrogens with zero attached hydrogens (tertiary/aromatic N) is 1. The molecule has 1 aromatic heterocycles. The summed E-state index contributed by atoms with van der Waals surface area (Å²) >= 11 is 1.46. The number of thiazole rings is 1. The quantitative estimate of drug-likeness (QED) is 0.758. The molecule has 0 N–H and O–H groups in total. The van der Waals surface area contributed by atoms with Crippen molar-refractivity contribution in [3.8, 4) is 11.3 Å². The molecule has 0 radical (unpaired) electrons. The second kappa shape index (κ2) is 4.65. The monoisotopic (exact) mass is 259 g/mol. The largest absolute Gasteiger partial charge is 0.295 e. The van der Waals surface area contributed by atoms with Gasteiger partial charge in [0.25, 0.3) is 0 Å². The van der Waals surface area contributed by atoms with Gasteiger partial charge in [-0.15, -0.1) is 11.3 Å². The summed E-state index contributed by atoms with van der Waals surface area (Å²) in [6, 6.07) is 2.20. The van der Waals surface area contributed by atoms with Gasteiger partial charge < -0.3 is 0 Å². The number of aromatic nitrogens is 1. The molecule has 0 saturated heterocycles. The highest BCUT2D eigenvalue weighted by Gasteiger charge is 2.16. The molecule has 0 unspecified atom stereocenters. The van der Waals surface area contributed by atoms with Gasteiger partial charge in [0.2, 0.25) is 0 Å². The summed E-state index contributed by atoms with van der Waals surface area (Å²) in [6.07, 6.45) is 0.828. The van der Waals surface area contributed by atoms with Gasteiger partial charge in [-0.2, -0.15) is 0 Å². The SMILES string of the molecule is Cc1cc(C)c(C)c(-c2nc(C=O)sc2C)c1C. The third-order valence-corrected chi connectivity index (χ3v) is 4.41. The standard InChI is InChI=1S/C15H17NOS/c1-8-6-9(2)11(4)14(10(8)3)15-12(5)18-13(7-17)16-15/h6-7H,1-5H3. The average molecular weight is 259 g/mol. The number of hydrogen-bond donors (Lipinski definition) is 0. The summed E-state index contributed by atoms with van der Waals surface area (Å²) in [5, 5.41) is 0.556. The van der Waals surface area contributed by atoms with Crippen LogP contribution in [0.25, 0.3) is 11.3 Å². The fraction of sp³-hybridized carbons (Fsp3) is 0.333. The lowest BCUT2D eigenvalue weighted by Crippen LogP contribution is -1.96. The molecule has 0 bridgehead atoms. The van der Waals surface area contributed by atoms with Gasteiger partial charge in [0, 0.05) is 10.4 Å². The van der Waals surface area contributed by atoms with Crippen molar-refractivity contribution >= 4 is 17.6 Å². The zero-order chi connectivity index (χ0) is 13.4. The fourth-order valence-electron chi connectivity index (χ4n) is 2.27. The Balaban J connectivity index is 2.77. The molecule has 0 amide bonds. The Morgan fingerprint density at radius 2 is 1.61 bits per heavy atom. The molecule has 2 aromatic rings. The van der Waals surface area contributed by atoms with Crippen molar-refractivity contribution in [1.82, 2.24) is 4.98 Å². The molecule has 0 fully saturated rings. The maximum atomic E-state index is 10.9. The van der Waals surface area contributed by atoms with Gasteiger partial charge in [0.15, 0.2) is 11.3 Å². The summed E-state index contributed by atoms with van der Waals surface area (Å²) in [7, 11) is 0. The number of hydrogen-bond acceptors (Lipinski definition) is 3. The zero-order valence-corrected chi connectivity index (χ0v) is 12.2. The lowest BCUT2D eigenvalue weighted by atomic mass is 9.92. The van der Waals surface area contributed by atoms with E-state index in [4.69, 9.17) is 0 Å². The van der Waals surface area contributed by atoms with Gasteiger partial charge in [-0.05, 0) is 56.9 Å². The van der Waals surface area contributed by atoms with Crippen molar-refractivity contribution in [1.29, 1.82) is 0 Å². The smallest absolute Gasteiger partial charge is 0.178 e. The number of carbonyl (C=O) groups is 1. The maximum Gasteiger partial charge on any atom is 0.178 e. The Morgan fingerprint density at radius 3 is 2.06 bits per heavy atom. The fourth-order valence-corrected chi connectivity index (χ4v) is 3.01. The van der Waals surface area contributed by atoms with Crippen LogP contribution in [-0.4, -0.2) is 11.3 Å². The molecule has 0 aliphatic heterocycles. The number of carbonyl (C=O) groups excluding carboxylic acids is 1. The first-order valence-electron chi connectivity index (χ1n) is 5.96. The second-order valence-electron chi connectivity index (χ2n) is 4.71. The Labute approximate surface area is 112 Å². The Bertz CT molecular complexity index is 600. The molecule has 0 aliphatic rings. The summed E-state index contributed by atoms with van der Waals surface area (Å²) in [6.45, 7) is 10.5. The van der Waals surface area contributed by atoms with Crippen molar-refractivity contribution in [2.45, 2.75) is 34.6 Å². The molecule has 1 aromatic carbocycles. The summed E-state index contributed by atoms with van der Waals surface area (Å²) in [5.41, 5.74) is 7.20. The lowest BCUT2D eigenvalue weighted by Gasteiger charge is -2.14. The van der Waals surface area contributed by atoms with E-state index in [1.54, 1.807) is 0 Å². The van der Waals surface area contributed by atoms with Crippen LogP contribution in [0, 0.1) is 34.6 Å². The Morgan fingerprint density at radius 1 is 1.06 bits per heavy atom. The number of aryl methyl sites for hydroxylation is 3. The van der Waals surface area contributed by atoms with Crippen molar-refractivity contribution in [2.24, 2.45) is 0 Å². The highest BCUT2D eigenvalue weighted by molar-refractivity contribution is 7.13. The van der Waals surface area contributed by atoms with Crippen LogP contribution in [0.3, 0.4) is 0 Å². The van der Waals surface area contributed by atoms with E-state index in [-0.39, 0.29) is 0 Å². The number of rotatable bonds is 2. The maximum absolute atomic E-state index is 10.9. The van der Waals surface area contributed by atoms with E-state index < -0.39 is 0 Å². The summed E-state index contributed by atoms with van der Waals surface area (Å²) in [5.74, 6) is 0. The van der Waals surface area contributed by atoms with Crippen LogP contribution in [0.5, 0.6) is 0 Å². The normalized spacial score (nSPS) is 10.7. The predicted molar refractivity (Wildman–Crippen MR) is 76.6 cm³/mol. The Hall–Kier alpha value is -1.48. The number of benzene rings is 1. The molecule has 3 heteroatoms. The zero-order valence-electron chi connectivity index (χ0n) is 11.4. The third-order valence-electron chi connectivity index (χ3n) is 3.52. The van der Waals surface area contributed by atoms with E-state index in [0.717, 1.165) is 16.9 Å². The van der Waals surface area contributed by atoms with Gasteiger partial charge in [-0.1, -0.05) is 6.07 Å². The molecule has 0 spiro atoms. The highest BCUT2D eigenvalue weighted by atomic mass is 32.1. The van der Waals surface area contributed by atoms with Crippen molar-refractivity contribution in [3.05, 3.63) is 38.2 Å². The minimum Gasteiger partial charge on any atom is -0.295 e. The molecule has 94 valence electrons. The van der Waals surface area contributed by atoms with E-state index in [1.165, 1.54) is 39.2 Å². The van der Waals surface area contributed by atoms with Gasteiger partial charge in [-0.25, -0.2) is 4.98 Å². The topological polar surface area (TPSA) is 30.0 Å². The van der Waals surface area contributed by atoms with Crippen LogP contribution >= 0.6 is 11.3 Å². The van der Waals surface area contributed by atoms with Crippen LogP contribution in [-0.2, 0) is 0 Å². The van der Waals surface area contributed by atoms with Gasteiger partial charge in [0.05, 0.1) is 5.69 Å². The predicted octanol–water partition coefficient (Wildman–Crippen LogP) is 4.16. The van der Waals surface area contributed by atoms with Gasteiger partial charge in [0.1, 0.15) is 0 Å². The van der Waals surface area contributed by atoms with Crippen molar-refractivity contribution in [3.63, 3.8) is 0 Å². The molecule has 2 nitrogen and oxygen atoms in total. The van der Waals surface area contributed by atoms with Gasteiger partial charge in [-0.3, -0.25) is 4.79 Å². The van der Waals surface area contributed by atoms with Crippen LogP contribution in [0.1, 0.15) is 36.9 Å². The average Bonchev–Trinajstić information content (AvgIpc) is 2.69. The van der Waals surface area contributed by atoms with Crippen LogP contribution in [0.4, 0.5) is 0 Å². The van der Waals surface area contributed by atoms with Crippen LogP contribution < -0.4 is 0 Å². The van der Waals surface area contributed by atoms with Crippen LogP contribution in [0.15, 0.2) is 6.07 Å². The van der Waals surface area contributed by atoms with Crippen molar-refractivity contribution < 1.29 is 4.79 Å². The molecular formula is C15H17NOS. The molecule has 0 aliphatic carbocycles. The van der Waals surface area contributed by atoms with E-state index >= 15 is 0 Å². The second-order valence-corrected chi connectivity index (χ2v) is 5.94. The summed E-state index contributed by atoms with van der Waals surface area (Å²) < 4.78 is 0. The third kappa shape index (κ3) is 1.99. The molecule has 0 saturated carbocycles. The summed E-state index contributed by atoms with van der Waals surface area (Å²) in [4.78, 5) is 16.4. The molecule has 1 heterocycles. The molecule has 0 atom stereocenters. The van der Waals surface area contributed by atoms with E-state index in [0.29, 0.717) is 5.01 Å². The first-order chi connectivity index (χ1) is 8.45. The first-order valence-corrected chi connectivity index (χ1v) is 6.77.